The predicted octanol–water partition coefficient (Wildman–Crippen LogP) is 4.06. The van der Waals surface area contributed by atoms with Crippen molar-refractivity contribution in [2.45, 2.75) is 26.2 Å². The molecule has 0 saturated carbocycles. The molecule has 1 heterocycles. The van der Waals surface area contributed by atoms with Gasteiger partial charge in [-0.25, -0.2) is 4.79 Å². The molecule has 1 aliphatic heterocycles. The number of amides is 1. The van der Waals surface area contributed by atoms with Gasteiger partial charge in [0, 0.05) is 17.7 Å². The predicted molar refractivity (Wildman–Crippen MR) is 112 cm³/mol. The average molecular weight is 432 g/mol. The first kappa shape index (κ1) is 21.6. The summed E-state index contributed by atoms with van der Waals surface area (Å²) in [5.74, 6) is -0.420. The largest absolute Gasteiger partial charge is 0.493 e. The van der Waals surface area contributed by atoms with Crippen molar-refractivity contribution in [3.63, 3.8) is 0 Å². The third-order valence-corrected chi connectivity index (χ3v) is 4.85. The zero-order valence-corrected chi connectivity index (χ0v) is 17.5. The lowest BCUT2D eigenvalue weighted by molar-refractivity contribution is -0.116. The molecule has 3 rings (SSSR count). The van der Waals surface area contributed by atoms with Gasteiger partial charge < -0.3 is 19.5 Å². The maximum Gasteiger partial charge on any atom is 0.338 e. The first-order valence-corrected chi connectivity index (χ1v) is 9.94. The molecule has 0 aliphatic carbocycles. The fourth-order valence-corrected chi connectivity index (χ4v) is 3.30. The molecule has 0 atom stereocenters. The molecule has 0 aromatic heterocycles. The average Bonchev–Trinajstić information content (AvgIpc) is 2.75. The van der Waals surface area contributed by atoms with Crippen LogP contribution in [-0.2, 0) is 16.0 Å². The van der Waals surface area contributed by atoms with Crippen LogP contribution in [0.2, 0.25) is 5.02 Å². The number of halogens is 1. The number of carbonyl (C=O) groups is 3. The summed E-state index contributed by atoms with van der Waals surface area (Å²) in [6.45, 7) is 2.00. The molecule has 0 bridgehead atoms. The lowest BCUT2D eigenvalue weighted by Gasteiger charge is -2.17. The number of nitrogens with one attached hydrogen (secondary N) is 1. The van der Waals surface area contributed by atoms with E-state index in [4.69, 9.17) is 25.8 Å². The second-order valence-corrected chi connectivity index (χ2v) is 7.16. The van der Waals surface area contributed by atoms with Crippen molar-refractivity contribution in [3.05, 3.63) is 52.0 Å². The molecule has 0 saturated heterocycles. The van der Waals surface area contributed by atoms with Gasteiger partial charge in [-0.05, 0) is 48.7 Å². The van der Waals surface area contributed by atoms with Crippen LogP contribution in [0.4, 0.5) is 5.69 Å². The molecule has 1 aliphatic rings. The highest BCUT2D eigenvalue weighted by Gasteiger charge is 2.20. The quantitative estimate of drug-likeness (QED) is 0.500. The van der Waals surface area contributed by atoms with Gasteiger partial charge in [0.15, 0.2) is 23.9 Å². The smallest absolute Gasteiger partial charge is 0.338 e. The van der Waals surface area contributed by atoms with E-state index in [1.54, 1.807) is 18.2 Å². The van der Waals surface area contributed by atoms with E-state index in [0.29, 0.717) is 42.2 Å². The topological polar surface area (TPSA) is 90.9 Å². The van der Waals surface area contributed by atoms with Crippen molar-refractivity contribution < 1.29 is 28.6 Å². The van der Waals surface area contributed by atoms with Crippen LogP contribution in [0.5, 0.6) is 11.5 Å². The molecule has 2 aromatic carbocycles. The molecule has 0 spiro atoms. The number of aryl methyl sites for hydroxylation is 1. The molecule has 30 heavy (non-hydrogen) atoms. The van der Waals surface area contributed by atoms with E-state index in [2.05, 4.69) is 5.32 Å². The lowest BCUT2D eigenvalue weighted by atomic mass is 9.99. The highest BCUT2D eigenvalue weighted by molar-refractivity contribution is 6.32. The van der Waals surface area contributed by atoms with E-state index in [1.807, 2.05) is 6.92 Å². The van der Waals surface area contributed by atoms with E-state index in [-0.39, 0.29) is 22.3 Å². The molecule has 0 fully saturated rings. The number of rotatable bonds is 8. The Hall–Kier alpha value is -3.06. The maximum absolute atomic E-state index is 12.5. The number of fused-ring (bicyclic) bond motifs is 1. The van der Waals surface area contributed by atoms with Gasteiger partial charge in [-0.3, -0.25) is 9.59 Å². The zero-order chi connectivity index (χ0) is 21.7. The summed E-state index contributed by atoms with van der Waals surface area (Å²) in [6.07, 6.45) is 1.73. The van der Waals surface area contributed by atoms with Crippen molar-refractivity contribution in [1.82, 2.24) is 0 Å². The van der Waals surface area contributed by atoms with E-state index in [1.165, 1.54) is 19.2 Å². The Labute approximate surface area is 179 Å². The number of hydrogen-bond donors (Lipinski definition) is 1. The van der Waals surface area contributed by atoms with Crippen LogP contribution < -0.4 is 14.8 Å². The summed E-state index contributed by atoms with van der Waals surface area (Å²) in [7, 11) is 1.45. The fourth-order valence-electron chi connectivity index (χ4n) is 3.04. The van der Waals surface area contributed by atoms with Crippen LogP contribution >= 0.6 is 11.6 Å². The minimum atomic E-state index is -0.698. The number of ketones is 1. The Balaban J connectivity index is 1.67. The number of hydrogen-bond acceptors (Lipinski definition) is 6. The van der Waals surface area contributed by atoms with Crippen molar-refractivity contribution in [2.24, 2.45) is 0 Å². The molecule has 158 valence electrons. The normalized spacial score (nSPS) is 12.6. The first-order chi connectivity index (χ1) is 14.4. The number of Topliss-reactive ketones (excluding diaryl/α,β-unsaturated/α-hetero) is 1. The Morgan fingerprint density at radius 3 is 2.67 bits per heavy atom. The van der Waals surface area contributed by atoms with Crippen LogP contribution in [0, 0.1) is 0 Å². The Kier molecular flexibility index (Phi) is 6.95. The summed E-state index contributed by atoms with van der Waals surface area (Å²) < 4.78 is 16.0. The lowest BCUT2D eigenvalue weighted by Crippen LogP contribution is -2.20. The van der Waals surface area contributed by atoms with Crippen molar-refractivity contribution in [1.29, 1.82) is 0 Å². The van der Waals surface area contributed by atoms with Crippen LogP contribution in [-0.4, -0.2) is 38.0 Å². The SMILES string of the molecule is CCCOc1c(Cl)cc(C(=O)OCC(=O)c2ccc3c(c2)CCC(=O)N3)cc1OC. The highest BCUT2D eigenvalue weighted by Crippen LogP contribution is 2.36. The Bertz CT molecular complexity index is 988. The van der Waals surface area contributed by atoms with Gasteiger partial charge in [0.05, 0.1) is 24.3 Å². The number of anilines is 1. The molecule has 1 N–H and O–H groups in total. The monoisotopic (exact) mass is 431 g/mol. The molecule has 0 radical (unpaired) electrons. The number of esters is 1. The zero-order valence-electron chi connectivity index (χ0n) is 16.7. The molecule has 2 aromatic rings. The summed E-state index contributed by atoms with van der Waals surface area (Å²) in [4.78, 5) is 36.3. The van der Waals surface area contributed by atoms with Crippen LogP contribution in [0.25, 0.3) is 0 Å². The summed E-state index contributed by atoms with van der Waals surface area (Å²) in [6, 6.07) is 7.88. The molecular formula is C22H22ClNO6. The number of carbonyl (C=O) groups excluding carboxylic acids is 3. The van der Waals surface area contributed by atoms with Gasteiger partial charge in [-0.15, -0.1) is 0 Å². The molecule has 7 nitrogen and oxygen atoms in total. The molecule has 1 amide bonds. The van der Waals surface area contributed by atoms with Crippen LogP contribution in [0.15, 0.2) is 30.3 Å². The molecule has 0 unspecified atom stereocenters. The van der Waals surface area contributed by atoms with Gasteiger partial charge in [0.2, 0.25) is 5.91 Å². The minimum absolute atomic E-state index is 0.0456. The van der Waals surface area contributed by atoms with Crippen molar-refractivity contribution in [3.8, 4) is 11.5 Å². The van der Waals surface area contributed by atoms with Crippen molar-refractivity contribution in [2.75, 3.05) is 25.6 Å². The van der Waals surface area contributed by atoms with Gasteiger partial charge >= 0.3 is 5.97 Å². The number of methoxy groups -OCH3 is 1. The van der Waals surface area contributed by atoms with Gasteiger partial charge in [-0.1, -0.05) is 18.5 Å². The first-order valence-electron chi connectivity index (χ1n) is 9.56. The summed E-state index contributed by atoms with van der Waals surface area (Å²) >= 11 is 6.22. The van der Waals surface area contributed by atoms with E-state index in [0.717, 1.165) is 12.0 Å². The minimum Gasteiger partial charge on any atom is -0.493 e. The van der Waals surface area contributed by atoms with E-state index in [9.17, 15) is 14.4 Å². The summed E-state index contributed by atoms with van der Waals surface area (Å²) in [5.41, 5.74) is 2.15. The van der Waals surface area contributed by atoms with Gasteiger partial charge in [0.25, 0.3) is 0 Å². The highest BCUT2D eigenvalue weighted by atomic mass is 35.5. The molecular weight excluding hydrogens is 410 g/mol. The maximum atomic E-state index is 12.5. The number of ether oxygens (including phenoxy) is 3. The van der Waals surface area contributed by atoms with E-state index < -0.39 is 12.6 Å². The van der Waals surface area contributed by atoms with Crippen molar-refractivity contribution >= 4 is 34.9 Å². The number of benzene rings is 2. The van der Waals surface area contributed by atoms with Crippen LogP contribution in [0.3, 0.4) is 0 Å². The summed E-state index contributed by atoms with van der Waals surface area (Å²) in [5, 5.41) is 2.98. The Morgan fingerprint density at radius 1 is 1.13 bits per heavy atom. The third kappa shape index (κ3) is 4.91. The standard InChI is InChI=1S/C22H22ClNO6/c1-3-8-29-21-16(23)10-15(11-19(21)28-2)22(27)30-12-18(25)14-4-6-17-13(9-14)5-7-20(26)24-17/h4,6,9-11H,3,5,7-8,12H2,1-2H3,(H,24,26). The van der Waals surface area contributed by atoms with Gasteiger partial charge in [-0.2, -0.15) is 0 Å². The van der Waals surface area contributed by atoms with Crippen LogP contribution in [0.1, 0.15) is 46.0 Å². The fraction of sp³-hybridized carbons (Fsp3) is 0.318. The van der Waals surface area contributed by atoms with Gasteiger partial charge in [0.1, 0.15) is 0 Å². The third-order valence-electron chi connectivity index (χ3n) is 4.57. The Morgan fingerprint density at radius 2 is 1.93 bits per heavy atom. The second-order valence-electron chi connectivity index (χ2n) is 6.76. The second kappa shape index (κ2) is 9.63. The van der Waals surface area contributed by atoms with E-state index >= 15 is 0 Å². The molecule has 8 heteroatoms.